The third-order valence-corrected chi connectivity index (χ3v) is 4.39. The first-order valence-corrected chi connectivity index (χ1v) is 6.48. The number of aliphatic carboxylic acids is 1. The van der Waals surface area contributed by atoms with E-state index in [9.17, 15) is 9.00 Å². The second-order valence-electron chi connectivity index (χ2n) is 3.62. The Morgan fingerprint density at radius 1 is 1.36 bits per heavy atom. The molecule has 3 unspecified atom stereocenters. The van der Waals surface area contributed by atoms with Crippen LogP contribution in [0, 0.1) is 5.92 Å². The van der Waals surface area contributed by atoms with Crippen molar-refractivity contribution < 1.29 is 14.1 Å². The van der Waals surface area contributed by atoms with Crippen molar-refractivity contribution in [2.75, 3.05) is 5.75 Å². The Balaban J connectivity index is 3.92. The first-order chi connectivity index (χ1) is 6.50. The fraction of sp³-hybridized carbons (Fsp3) is 0.900. The summed E-state index contributed by atoms with van der Waals surface area (Å²) in [5, 5.41) is 8.49. The van der Waals surface area contributed by atoms with Crippen LogP contribution in [0.15, 0.2) is 0 Å². The normalized spacial score (nSPS) is 17.4. The van der Waals surface area contributed by atoms with Gasteiger partial charge in [-0.25, -0.2) is 0 Å². The van der Waals surface area contributed by atoms with Crippen molar-refractivity contribution in [1.29, 1.82) is 0 Å². The summed E-state index contributed by atoms with van der Waals surface area (Å²) in [6, 6.07) is 0. The summed E-state index contributed by atoms with van der Waals surface area (Å²) < 4.78 is 11.6. The number of hydrogen-bond donors (Lipinski definition) is 1. The minimum Gasteiger partial charge on any atom is -0.481 e. The molecule has 0 spiro atoms. The summed E-state index contributed by atoms with van der Waals surface area (Å²) in [5.74, 6) is -0.745. The van der Waals surface area contributed by atoms with Gasteiger partial charge < -0.3 is 5.11 Å². The molecule has 0 rings (SSSR count). The molecule has 3 nitrogen and oxygen atoms in total. The third-order valence-electron chi connectivity index (χ3n) is 2.46. The molecular weight excluding hydrogens is 200 g/mol. The lowest BCUT2D eigenvalue weighted by atomic mass is 10.1. The van der Waals surface area contributed by atoms with Gasteiger partial charge in [-0.3, -0.25) is 9.00 Å². The fourth-order valence-electron chi connectivity index (χ4n) is 1.11. The maximum atomic E-state index is 11.6. The number of unbranched alkanes of at least 4 members (excludes halogenated alkanes) is 2. The lowest BCUT2D eigenvalue weighted by Gasteiger charge is -2.15. The number of hydrogen-bond acceptors (Lipinski definition) is 2. The highest BCUT2D eigenvalue weighted by Crippen LogP contribution is 2.11. The van der Waals surface area contributed by atoms with Gasteiger partial charge in [0, 0.05) is 21.8 Å². The zero-order valence-electron chi connectivity index (χ0n) is 9.16. The van der Waals surface area contributed by atoms with Crippen molar-refractivity contribution >= 4 is 16.8 Å². The van der Waals surface area contributed by atoms with Crippen molar-refractivity contribution in [2.45, 2.75) is 45.3 Å². The van der Waals surface area contributed by atoms with Crippen LogP contribution in [0.3, 0.4) is 0 Å². The Bertz CT molecular complexity index is 204. The van der Waals surface area contributed by atoms with Crippen LogP contribution in [-0.4, -0.2) is 26.3 Å². The monoisotopic (exact) mass is 220 g/mol. The largest absolute Gasteiger partial charge is 0.481 e. The predicted molar refractivity (Wildman–Crippen MR) is 58.8 cm³/mol. The summed E-state index contributed by atoms with van der Waals surface area (Å²) in [6.45, 7) is 5.46. The molecule has 84 valence electrons. The number of carbonyl (C=O) groups is 1. The highest BCUT2D eigenvalue weighted by Gasteiger charge is 2.23. The summed E-state index contributed by atoms with van der Waals surface area (Å²) in [6.07, 6.45) is 3.10. The molecule has 0 fully saturated rings. The van der Waals surface area contributed by atoms with Crippen LogP contribution in [-0.2, 0) is 15.6 Å². The number of carboxylic acids is 1. The lowest BCUT2D eigenvalue weighted by molar-refractivity contribution is -0.141. The molecule has 0 bridgehead atoms. The van der Waals surface area contributed by atoms with Crippen LogP contribution in [0.1, 0.15) is 40.0 Å². The standard InChI is InChI=1S/C10H20O3S/c1-4-5-6-7-14(13)9(3)8(2)10(11)12/h8-9H,4-7H2,1-3H3,(H,11,12). The van der Waals surface area contributed by atoms with Gasteiger partial charge in [0.2, 0.25) is 0 Å². The van der Waals surface area contributed by atoms with Gasteiger partial charge in [0.05, 0.1) is 5.92 Å². The van der Waals surface area contributed by atoms with Crippen LogP contribution in [0.25, 0.3) is 0 Å². The second-order valence-corrected chi connectivity index (χ2v) is 5.54. The van der Waals surface area contributed by atoms with Crippen molar-refractivity contribution in [2.24, 2.45) is 5.92 Å². The Labute approximate surface area is 88.4 Å². The SMILES string of the molecule is CCCCCS(=O)C(C)C(C)C(=O)O. The quantitative estimate of drug-likeness (QED) is 0.668. The highest BCUT2D eigenvalue weighted by molar-refractivity contribution is 7.85. The van der Waals surface area contributed by atoms with E-state index in [1.165, 1.54) is 0 Å². The molecule has 1 N–H and O–H groups in total. The smallest absolute Gasteiger partial charge is 0.307 e. The van der Waals surface area contributed by atoms with Gasteiger partial charge in [0.25, 0.3) is 0 Å². The van der Waals surface area contributed by atoms with E-state index in [0.717, 1.165) is 19.3 Å². The van der Waals surface area contributed by atoms with Crippen LogP contribution in [0.5, 0.6) is 0 Å². The summed E-state index contributed by atoms with van der Waals surface area (Å²) in [5.41, 5.74) is 0. The van der Waals surface area contributed by atoms with Crippen molar-refractivity contribution in [3.05, 3.63) is 0 Å². The average Bonchev–Trinajstić information content (AvgIpc) is 2.15. The molecular formula is C10H20O3S. The summed E-state index contributed by atoms with van der Waals surface area (Å²) in [4.78, 5) is 10.6. The predicted octanol–water partition coefficient (Wildman–Crippen LogP) is 2.03. The Morgan fingerprint density at radius 2 is 1.93 bits per heavy atom. The van der Waals surface area contributed by atoms with E-state index in [0.29, 0.717) is 5.75 Å². The van der Waals surface area contributed by atoms with E-state index in [4.69, 9.17) is 5.11 Å². The van der Waals surface area contributed by atoms with Gasteiger partial charge in [0.1, 0.15) is 0 Å². The molecule has 0 aromatic carbocycles. The summed E-state index contributed by atoms with van der Waals surface area (Å²) >= 11 is 0. The molecule has 14 heavy (non-hydrogen) atoms. The molecule has 0 aliphatic heterocycles. The van der Waals surface area contributed by atoms with Gasteiger partial charge >= 0.3 is 5.97 Å². The average molecular weight is 220 g/mol. The van der Waals surface area contributed by atoms with Crippen molar-refractivity contribution in [3.8, 4) is 0 Å². The molecule has 0 saturated carbocycles. The van der Waals surface area contributed by atoms with E-state index in [1.54, 1.807) is 13.8 Å². The maximum absolute atomic E-state index is 11.6. The van der Waals surface area contributed by atoms with Gasteiger partial charge in [0.15, 0.2) is 0 Å². The molecule has 4 heteroatoms. The zero-order valence-corrected chi connectivity index (χ0v) is 9.97. The van der Waals surface area contributed by atoms with Gasteiger partial charge in [-0.2, -0.15) is 0 Å². The van der Waals surface area contributed by atoms with Crippen LogP contribution >= 0.6 is 0 Å². The topological polar surface area (TPSA) is 54.4 Å². The molecule has 0 amide bonds. The van der Waals surface area contributed by atoms with E-state index < -0.39 is 22.7 Å². The van der Waals surface area contributed by atoms with Gasteiger partial charge in [-0.05, 0) is 13.3 Å². The van der Waals surface area contributed by atoms with Crippen LogP contribution in [0.2, 0.25) is 0 Å². The fourth-order valence-corrected chi connectivity index (χ4v) is 2.54. The molecule has 0 radical (unpaired) electrons. The Hall–Kier alpha value is -0.380. The molecule has 3 atom stereocenters. The van der Waals surface area contributed by atoms with E-state index in [2.05, 4.69) is 6.92 Å². The van der Waals surface area contributed by atoms with Crippen LogP contribution in [0.4, 0.5) is 0 Å². The van der Waals surface area contributed by atoms with Crippen molar-refractivity contribution in [1.82, 2.24) is 0 Å². The minimum atomic E-state index is -0.998. The van der Waals surface area contributed by atoms with E-state index in [-0.39, 0.29) is 5.25 Å². The number of rotatable bonds is 7. The van der Waals surface area contributed by atoms with Gasteiger partial charge in [-0.15, -0.1) is 0 Å². The lowest BCUT2D eigenvalue weighted by Crippen LogP contribution is -2.28. The first-order valence-electron chi connectivity index (χ1n) is 5.10. The minimum absolute atomic E-state index is 0.246. The first kappa shape index (κ1) is 13.6. The van der Waals surface area contributed by atoms with Gasteiger partial charge in [-0.1, -0.05) is 26.7 Å². The molecule has 0 aliphatic rings. The molecule has 0 aliphatic carbocycles. The summed E-state index contributed by atoms with van der Waals surface area (Å²) in [7, 11) is -0.998. The third kappa shape index (κ3) is 4.74. The molecule has 0 aromatic rings. The number of carboxylic acid groups (broad SMARTS) is 1. The molecule has 0 saturated heterocycles. The Kier molecular flexibility index (Phi) is 6.79. The Morgan fingerprint density at radius 3 is 2.36 bits per heavy atom. The highest BCUT2D eigenvalue weighted by atomic mass is 32.2. The molecule has 0 heterocycles. The zero-order chi connectivity index (χ0) is 11.1. The van der Waals surface area contributed by atoms with Crippen molar-refractivity contribution in [3.63, 3.8) is 0 Å². The van der Waals surface area contributed by atoms with Crippen LogP contribution < -0.4 is 0 Å². The second kappa shape index (κ2) is 6.98. The molecule has 0 aromatic heterocycles. The van der Waals surface area contributed by atoms with E-state index in [1.807, 2.05) is 0 Å². The maximum Gasteiger partial charge on any atom is 0.307 e. The van der Waals surface area contributed by atoms with E-state index >= 15 is 0 Å².